The van der Waals surface area contributed by atoms with Gasteiger partial charge in [0.15, 0.2) is 5.69 Å². The SMILES string of the molecule is CCOC(C)CNc1nc(C(=O)O)ccc1N. The topological polar surface area (TPSA) is 97.5 Å². The molecular weight excluding hydrogens is 222 g/mol. The highest BCUT2D eigenvalue weighted by molar-refractivity contribution is 5.86. The van der Waals surface area contributed by atoms with Crippen molar-refractivity contribution in [3.05, 3.63) is 17.8 Å². The number of rotatable bonds is 6. The fourth-order valence-electron chi connectivity index (χ4n) is 1.31. The molecule has 0 aliphatic carbocycles. The Labute approximate surface area is 99.8 Å². The Morgan fingerprint density at radius 1 is 1.65 bits per heavy atom. The first-order valence-corrected chi connectivity index (χ1v) is 5.39. The number of aromatic nitrogens is 1. The third-order valence-corrected chi connectivity index (χ3v) is 2.15. The fourth-order valence-corrected chi connectivity index (χ4v) is 1.31. The van der Waals surface area contributed by atoms with Gasteiger partial charge in [-0.1, -0.05) is 0 Å². The number of hydrogen-bond acceptors (Lipinski definition) is 5. The smallest absolute Gasteiger partial charge is 0.354 e. The number of nitrogens with two attached hydrogens (primary N) is 1. The molecule has 94 valence electrons. The van der Waals surface area contributed by atoms with E-state index in [1.165, 1.54) is 12.1 Å². The summed E-state index contributed by atoms with van der Waals surface area (Å²) in [6.07, 6.45) is 0.00897. The summed E-state index contributed by atoms with van der Waals surface area (Å²) >= 11 is 0. The van der Waals surface area contributed by atoms with Crippen molar-refractivity contribution in [2.24, 2.45) is 0 Å². The lowest BCUT2D eigenvalue weighted by atomic mass is 10.3. The summed E-state index contributed by atoms with van der Waals surface area (Å²) in [6.45, 7) is 4.97. The fraction of sp³-hybridized carbons (Fsp3) is 0.455. The largest absolute Gasteiger partial charge is 0.477 e. The van der Waals surface area contributed by atoms with Gasteiger partial charge in [-0.25, -0.2) is 9.78 Å². The highest BCUT2D eigenvalue weighted by Gasteiger charge is 2.09. The third kappa shape index (κ3) is 3.92. The molecular formula is C11H17N3O3. The summed E-state index contributed by atoms with van der Waals surface area (Å²) in [6, 6.07) is 2.89. The number of pyridine rings is 1. The molecule has 6 heteroatoms. The van der Waals surface area contributed by atoms with Crippen LogP contribution in [0.5, 0.6) is 0 Å². The van der Waals surface area contributed by atoms with Crippen LogP contribution in [0.25, 0.3) is 0 Å². The van der Waals surface area contributed by atoms with Gasteiger partial charge in [-0.3, -0.25) is 0 Å². The van der Waals surface area contributed by atoms with Crippen molar-refractivity contribution in [3.8, 4) is 0 Å². The molecule has 1 rings (SSSR count). The molecule has 0 aliphatic rings. The molecule has 0 bridgehead atoms. The molecule has 1 aromatic rings. The van der Waals surface area contributed by atoms with Gasteiger partial charge >= 0.3 is 5.97 Å². The number of aromatic carboxylic acids is 1. The number of nitrogens with one attached hydrogen (secondary N) is 1. The van der Waals surface area contributed by atoms with Crippen molar-refractivity contribution in [2.75, 3.05) is 24.2 Å². The van der Waals surface area contributed by atoms with Gasteiger partial charge in [-0.05, 0) is 26.0 Å². The highest BCUT2D eigenvalue weighted by atomic mass is 16.5. The molecule has 0 aromatic carbocycles. The van der Waals surface area contributed by atoms with Crippen LogP contribution in [0.2, 0.25) is 0 Å². The van der Waals surface area contributed by atoms with Gasteiger partial charge in [-0.2, -0.15) is 0 Å². The van der Waals surface area contributed by atoms with Crippen molar-refractivity contribution in [1.82, 2.24) is 4.98 Å². The van der Waals surface area contributed by atoms with Gasteiger partial charge < -0.3 is 20.9 Å². The minimum Gasteiger partial charge on any atom is -0.477 e. The molecule has 1 aromatic heterocycles. The molecule has 6 nitrogen and oxygen atoms in total. The maximum atomic E-state index is 10.7. The summed E-state index contributed by atoms with van der Waals surface area (Å²) in [7, 11) is 0. The van der Waals surface area contributed by atoms with E-state index in [0.717, 1.165) is 0 Å². The van der Waals surface area contributed by atoms with Crippen molar-refractivity contribution in [3.63, 3.8) is 0 Å². The molecule has 0 radical (unpaired) electrons. The number of nitrogen functional groups attached to an aromatic ring is 1. The molecule has 1 atom stereocenters. The Bertz CT molecular complexity index is 396. The number of nitrogens with zero attached hydrogens (tertiary/aromatic N) is 1. The summed E-state index contributed by atoms with van der Waals surface area (Å²) in [5.74, 6) is -0.706. The molecule has 1 heterocycles. The standard InChI is InChI=1S/C11H17N3O3/c1-3-17-7(2)6-13-10-8(12)4-5-9(14-10)11(15)16/h4-5,7H,3,6,12H2,1-2H3,(H,13,14)(H,15,16). The number of carbonyl (C=O) groups is 1. The van der Waals surface area contributed by atoms with Crippen LogP contribution in [0.15, 0.2) is 12.1 Å². The minimum absolute atomic E-state index is 0.00897. The first-order valence-electron chi connectivity index (χ1n) is 5.39. The first kappa shape index (κ1) is 13.2. The zero-order chi connectivity index (χ0) is 12.8. The van der Waals surface area contributed by atoms with E-state index < -0.39 is 5.97 Å². The van der Waals surface area contributed by atoms with Gasteiger partial charge in [0.1, 0.15) is 5.82 Å². The zero-order valence-corrected chi connectivity index (χ0v) is 9.93. The van der Waals surface area contributed by atoms with Crippen molar-refractivity contribution < 1.29 is 14.6 Å². The number of ether oxygens (including phenoxy) is 1. The van der Waals surface area contributed by atoms with Crippen LogP contribution in [-0.2, 0) is 4.74 Å². The van der Waals surface area contributed by atoms with E-state index >= 15 is 0 Å². The average molecular weight is 239 g/mol. The maximum Gasteiger partial charge on any atom is 0.354 e. The lowest BCUT2D eigenvalue weighted by molar-refractivity contribution is 0.0690. The molecule has 0 aliphatic heterocycles. The predicted molar refractivity (Wildman–Crippen MR) is 65.2 cm³/mol. The van der Waals surface area contributed by atoms with Crippen LogP contribution in [0.4, 0.5) is 11.5 Å². The van der Waals surface area contributed by atoms with Crippen LogP contribution in [0.1, 0.15) is 24.3 Å². The lowest BCUT2D eigenvalue weighted by Gasteiger charge is -2.14. The van der Waals surface area contributed by atoms with Gasteiger partial charge in [0, 0.05) is 13.2 Å². The number of hydrogen-bond donors (Lipinski definition) is 3. The highest BCUT2D eigenvalue weighted by Crippen LogP contribution is 2.15. The molecule has 0 amide bonds. The summed E-state index contributed by atoms with van der Waals surface area (Å²) in [5, 5.41) is 11.8. The normalized spacial score (nSPS) is 12.1. The van der Waals surface area contributed by atoms with Crippen LogP contribution < -0.4 is 11.1 Å². The average Bonchev–Trinajstić information content (AvgIpc) is 2.28. The Morgan fingerprint density at radius 2 is 2.35 bits per heavy atom. The van der Waals surface area contributed by atoms with E-state index in [4.69, 9.17) is 15.6 Å². The monoisotopic (exact) mass is 239 g/mol. The van der Waals surface area contributed by atoms with E-state index in [0.29, 0.717) is 24.7 Å². The van der Waals surface area contributed by atoms with Gasteiger partial charge in [0.05, 0.1) is 11.8 Å². The Kier molecular flexibility index (Phi) is 4.71. The summed E-state index contributed by atoms with van der Waals surface area (Å²) < 4.78 is 5.33. The molecule has 4 N–H and O–H groups in total. The van der Waals surface area contributed by atoms with E-state index in [9.17, 15) is 4.79 Å². The summed E-state index contributed by atoms with van der Waals surface area (Å²) in [4.78, 5) is 14.7. The Hall–Kier alpha value is -1.82. The third-order valence-electron chi connectivity index (χ3n) is 2.15. The lowest BCUT2D eigenvalue weighted by Crippen LogP contribution is -2.21. The van der Waals surface area contributed by atoms with E-state index in [1.54, 1.807) is 0 Å². The van der Waals surface area contributed by atoms with Crippen LogP contribution in [-0.4, -0.2) is 35.3 Å². The number of carboxylic acid groups (broad SMARTS) is 1. The van der Waals surface area contributed by atoms with E-state index in [1.807, 2.05) is 13.8 Å². The van der Waals surface area contributed by atoms with Crippen molar-refractivity contribution >= 4 is 17.5 Å². The molecule has 0 saturated carbocycles. The molecule has 0 spiro atoms. The zero-order valence-electron chi connectivity index (χ0n) is 9.93. The quantitative estimate of drug-likeness (QED) is 0.690. The van der Waals surface area contributed by atoms with E-state index in [-0.39, 0.29) is 11.8 Å². The maximum absolute atomic E-state index is 10.7. The molecule has 0 fully saturated rings. The minimum atomic E-state index is -1.08. The second-order valence-electron chi connectivity index (χ2n) is 3.59. The van der Waals surface area contributed by atoms with Crippen molar-refractivity contribution in [1.29, 1.82) is 0 Å². The van der Waals surface area contributed by atoms with Gasteiger partial charge in [0.2, 0.25) is 0 Å². The molecule has 0 saturated heterocycles. The van der Waals surface area contributed by atoms with Crippen LogP contribution in [0.3, 0.4) is 0 Å². The Morgan fingerprint density at radius 3 is 2.94 bits per heavy atom. The van der Waals surface area contributed by atoms with Crippen LogP contribution in [0, 0.1) is 0 Å². The van der Waals surface area contributed by atoms with Crippen LogP contribution >= 0.6 is 0 Å². The predicted octanol–water partition coefficient (Wildman–Crippen LogP) is 1.20. The van der Waals surface area contributed by atoms with Gasteiger partial charge in [0.25, 0.3) is 0 Å². The number of anilines is 2. The van der Waals surface area contributed by atoms with Gasteiger partial charge in [-0.15, -0.1) is 0 Å². The second kappa shape index (κ2) is 6.05. The second-order valence-corrected chi connectivity index (χ2v) is 3.59. The number of carboxylic acids is 1. The Balaban J connectivity index is 2.69. The summed E-state index contributed by atoms with van der Waals surface area (Å²) in [5.41, 5.74) is 6.07. The first-order chi connectivity index (χ1) is 8.04. The molecule has 1 unspecified atom stereocenters. The molecule has 17 heavy (non-hydrogen) atoms. The van der Waals surface area contributed by atoms with E-state index in [2.05, 4.69) is 10.3 Å². The van der Waals surface area contributed by atoms with Crippen molar-refractivity contribution in [2.45, 2.75) is 20.0 Å².